The van der Waals surface area contributed by atoms with E-state index in [1.165, 1.54) is 5.06 Å². The Morgan fingerprint density at radius 2 is 2.20 bits per heavy atom. The summed E-state index contributed by atoms with van der Waals surface area (Å²) in [7, 11) is 4.87. The molecule has 0 spiro atoms. The van der Waals surface area contributed by atoms with E-state index < -0.39 is 0 Å². The van der Waals surface area contributed by atoms with Gasteiger partial charge in [-0.2, -0.15) is 0 Å². The molecule has 5 nitrogen and oxygen atoms in total. The molecule has 1 amide bonds. The number of nitrogens with one attached hydrogen (secondary N) is 1. The van der Waals surface area contributed by atoms with Gasteiger partial charge in [-0.05, 0) is 18.2 Å². The molecule has 1 aromatic carbocycles. The van der Waals surface area contributed by atoms with Gasteiger partial charge in [0.2, 0.25) is 0 Å². The number of nitrogens with zero attached hydrogens (tertiary/aromatic N) is 1. The summed E-state index contributed by atoms with van der Waals surface area (Å²) in [6.07, 6.45) is 0. The number of hydroxylamine groups is 1. The molecular weight excluding hydrogens is 194 g/mol. The van der Waals surface area contributed by atoms with Crippen LogP contribution in [0.1, 0.15) is 10.4 Å². The zero-order chi connectivity index (χ0) is 11.4. The van der Waals surface area contributed by atoms with Crippen molar-refractivity contribution in [1.82, 2.24) is 5.32 Å². The summed E-state index contributed by atoms with van der Waals surface area (Å²) in [6, 6.07) is 5.05. The second-order valence-corrected chi connectivity index (χ2v) is 3.03. The number of anilines is 2. The van der Waals surface area contributed by atoms with E-state index >= 15 is 0 Å². The average molecular weight is 209 g/mol. The number of nitrogen functional groups attached to an aromatic ring is 1. The smallest absolute Gasteiger partial charge is 0.251 e. The first-order chi connectivity index (χ1) is 7.10. The SMILES string of the molecule is CNC(=O)c1ccc(N(C)OC)c(N)c1. The van der Waals surface area contributed by atoms with Crippen LogP contribution in [0.25, 0.3) is 0 Å². The Hall–Kier alpha value is -1.75. The fraction of sp³-hybridized carbons (Fsp3) is 0.300. The lowest BCUT2D eigenvalue weighted by atomic mass is 10.1. The molecule has 0 saturated carbocycles. The normalized spacial score (nSPS) is 9.80. The Morgan fingerprint density at radius 3 is 2.67 bits per heavy atom. The second kappa shape index (κ2) is 4.65. The molecule has 3 N–H and O–H groups in total. The molecule has 0 aromatic heterocycles. The third kappa shape index (κ3) is 2.38. The summed E-state index contributed by atoms with van der Waals surface area (Å²) in [5.74, 6) is -0.159. The minimum atomic E-state index is -0.159. The van der Waals surface area contributed by atoms with Crippen LogP contribution in [0.2, 0.25) is 0 Å². The van der Waals surface area contributed by atoms with Gasteiger partial charge in [-0.3, -0.25) is 14.7 Å². The molecule has 15 heavy (non-hydrogen) atoms. The fourth-order valence-electron chi connectivity index (χ4n) is 1.23. The monoisotopic (exact) mass is 209 g/mol. The largest absolute Gasteiger partial charge is 0.397 e. The minimum Gasteiger partial charge on any atom is -0.397 e. The third-order valence-corrected chi connectivity index (χ3v) is 2.13. The van der Waals surface area contributed by atoms with Crippen molar-refractivity contribution in [2.75, 3.05) is 32.0 Å². The molecule has 0 aliphatic rings. The maximum Gasteiger partial charge on any atom is 0.251 e. The number of rotatable bonds is 3. The molecule has 1 aromatic rings. The molecule has 1 rings (SSSR count). The summed E-state index contributed by atoms with van der Waals surface area (Å²) in [6.45, 7) is 0. The number of amides is 1. The van der Waals surface area contributed by atoms with E-state index in [1.807, 2.05) is 0 Å². The number of benzene rings is 1. The Labute approximate surface area is 88.8 Å². The molecule has 0 aliphatic carbocycles. The molecule has 0 heterocycles. The summed E-state index contributed by atoms with van der Waals surface area (Å²) >= 11 is 0. The molecule has 0 radical (unpaired) electrons. The van der Waals surface area contributed by atoms with Gasteiger partial charge in [0.25, 0.3) is 5.91 Å². The van der Waals surface area contributed by atoms with Gasteiger partial charge in [0.1, 0.15) is 0 Å². The Bertz CT molecular complexity index is 366. The summed E-state index contributed by atoms with van der Waals surface area (Å²) in [5.41, 5.74) is 7.55. The van der Waals surface area contributed by atoms with Crippen LogP contribution in [0.3, 0.4) is 0 Å². The number of carbonyl (C=O) groups is 1. The maximum absolute atomic E-state index is 11.3. The van der Waals surface area contributed by atoms with E-state index in [9.17, 15) is 4.79 Å². The van der Waals surface area contributed by atoms with Crippen molar-refractivity contribution in [2.24, 2.45) is 0 Å². The van der Waals surface area contributed by atoms with E-state index in [1.54, 1.807) is 39.4 Å². The zero-order valence-electron chi connectivity index (χ0n) is 9.07. The van der Waals surface area contributed by atoms with E-state index in [0.29, 0.717) is 11.3 Å². The van der Waals surface area contributed by atoms with E-state index in [-0.39, 0.29) is 5.91 Å². The summed E-state index contributed by atoms with van der Waals surface area (Å²) in [5, 5.41) is 4.06. The van der Waals surface area contributed by atoms with Crippen LogP contribution in [0.5, 0.6) is 0 Å². The first-order valence-corrected chi connectivity index (χ1v) is 4.49. The summed E-state index contributed by atoms with van der Waals surface area (Å²) in [4.78, 5) is 16.3. The molecule has 0 fully saturated rings. The topological polar surface area (TPSA) is 67.6 Å². The molecule has 0 unspecified atom stereocenters. The fourth-order valence-corrected chi connectivity index (χ4v) is 1.23. The van der Waals surface area contributed by atoms with Crippen molar-refractivity contribution in [1.29, 1.82) is 0 Å². The molecule has 0 aliphatic heterocycles. The highest BCUT2D eigenvalue weighted by Gasteiger charge is 2.08. The molecule has 82 valence electrons. The Kier molecular flexibility index (Phi) is 3.51. The van der Waals surface area contributed by atoms with Crippen molar-refractivity contribution in [2.45, 2.75) is 0 Å². The van der Waals surface area contributed by atoms with Crippen LogP contribution in [0, 0.1) is 0 Å². The average Bonchev–Trinajstić information content (AvgIpc) is 2.26. The second-order valence-electron chi connectivity index (χ2n) is 3.03. The lowest BCUT2D eigenvalue weighted by molar-refractivity contribution is 0.0963. The number of carbonyl (C=O) groups excluding carboxylic acids is 1. The van der Waals surface area contributed by atoms with E-state index in [2.05, 4.69) is 5.32 Å². The van der Waals surface area contributed by atoms with Crippen LogP contribution in [0.4, 0.5) is 11.4 Å². The van der Waals surface area contributed by atoms with Crippen molar-refractivity contribution in [3.63, 3.8) is 0 Å². The van der Waals surface area contributed by atoms with E-state index in [4.69, 9.17) is 10.6 Å². The van der Waals surface area contributed by atoms with Crippen LogP contribution in [-0.4, -0.2) is 27.1 Å². The van der Waals surface area contributed by atoms with Gasteiger partial charge in [0.15, 0.2) is 0 Å². The Balaban J connectivity index is 3.03. The molecule has 5 heteroatoms. The molecule has 0 saturated heterocycles. The van der Waals surface area contributed by atoms with Gasteiger partial charge in [-0.1, -0.05) is 0 Å². The summed E-state index contributed by atoms with van der Waals surface area (Å²) < 4.78 is 0. The predicted octanol–water partition coefficient (Wildman–Crippen LogP) is 0.626. The van der Waals surface area contributed by atoms with E-state index in [0.717, 1.165) is 5.69 Å². The van der Waals surface area contributed by atoms with Crippen molar-refractivity contribution < 1.29 is 9.63 Å². The molecular formula is C10H15N3O2. The third-order valence-electron chi connectivity index (χ3n) is 2.13. The van der Waals surface area contributed by atoms with Gasteiger partial charge in [0.05, 0.1) is 18.5 Å². The quantitative estimate of drug-likeness (QED) is 0.566. The Morgan fingerprint density at radius 1 is 1.53 bits per heavy atom. The predicted molar refractivity (Wildman–Crippen MR) is 59.7 cm³/mol. The first kappa shape index (κ1) is 11.3. The molecule has 0 atom stereocenters. The van der Waals surface area contributed by atoms with Crippen molar-refractivity contribution in [3.05, 3.63) is 23.8 Å². The van der Waals surface area contributed by atoms with Crippen molar-refractivity contribution >= 4 is 17.3 Å². The lowest BCUT2D eigenvalue weighted by Crippen LogP contribution is -2.20. The van der Waals surface area contributed by atoms with Crippen LogP contribution in [0.15, 0.2) is 18.2 Å². The van der Waals surface area contributed by atoms with Gasteiger partial charge in [0, 0.05) is 19.7 Å². The van der Waals surface area contributed by atoms with Crippen LogP contribution < -0.4 is 16.1 Å². The highest BCUT2D eigenvalue weighted by molar-refractivity contribution is 5.95. The number of hydrogen-bond donors (Lipinski definition) is 2. The van der Waals surface area contributed by atoms with Crippen LogP contribution in [-0.2, 0) is 4.84 Å². The highest BCUT2D eigenvalue weighted by Crippen LogP contribution is 2.23. The van der Waals surface area contributed by atoms with Crippen LogP contribution >= 0.6 is 0 Å². The van der Waals surface area contributed by atoms with Gasteiger partial charge >= 0.3 is 0 Å². The standard InChI is InChI=1S/C10H15N3O2/c1-12-10(14)7-4-5-9(8(11)6-7)13(2)15-3/h4-6H,11H2,1-3H3,(H,12,14). The minimum absolute atomic E-state index is 0.159. The van der Waals surface area contributed by atoms with Crippen molar-refractivity contribution in [3.8, 4) is 0 Å². The number of nitrogens with two attached hydrogens (primary N) is 1. The van der Waals surface area contributed by atoms with Gasteiger partial charge in [-0.25, -0.2) is 0 Å². The van der Waals surface area contributed by atoms with Gasteiger partial charge < -0.3 is 11.1 Å². The van der Waals surface area contributed by atoms with Gasteiger partial charge in [-0.15, -0.1) is 0 Å². The highest BCUT2D eigenvalue weighted by atomic mass is 16.7. The maximum atomic E-state index is 11.3. The zero-order valence-corrected chi connectivity index (χ0v) is 9.07. The number of hydrogen-bond acceptors (Lipinski definition) is 4. The first-order valence-electron chi connectivity index (χ1n) is 4.49. The lowest BCUT2D eigenvalue weighted by Gasteiger charge is -2.18. The molecule has 0 bridgehead atoms.